The second kappa shape index (κ2) is 7.01. The minimum absolute atomic E-state index is 0.0501. The number of nitrogens with zero attached hydrogens (tertiary/aromatic N) is 3. The maximum atomic E-state index is 11.8. The fraction of sp³-hybridized carbons (Fsp3) is 0.533. The maximum absolute atomic E-state index is 11.8. The molecule has 0 aromatic carbocycles. The molecule has 2 heterocycles. The van der Waals surface area contributed by atoms with Gasteiger partial charge in [0.05, 0.1) is 12.5 Å². The number of carbonyl (C=O) groups is 1. The maximum Gasteiger partial charge on any atom is 0.310 e. The number of hydrogen-bond acceptors (Lipinski definition) is 5. The normalized spacial score (nSPS) is 19.3. The number of piperidine rings is 1. The number of aromatic nitrogens is 1. The summed E-state index contributed by atoms with van der Waals surface area (Å²) in [5.74, 6) is -0.158. The number of nitriles is 1. The molecular formula is C15H19N3O2. The van der Waals surface area contributed by atoms with E-state index in [0.29, 0.717) is 25.4 Å². The predicted octanol–water partition coefficient (Wildman–Crippen LogP) is 1.73. The largest absolute Gasteiger partial charge is 0.466 e. The van der Waals surface area contributed by atoms with E-state index in [1.54, 1.807) is 6.20 Å². The zero-order valence-corrected chi connectivity index (χ0v) is 11.7. The van der Waals surface area contributed by atoms with Gasteiger partial charge in [-0.15, -0.1) is 0 Å². The van der Waals surface area contributed by atoms with Crippen molar-refractivity contribution < 1.29 is 9.53 Å². The highest BCUT2D eigenvalue weighted by atomic mass is 16.5. The van der Waals surface area contributed by atoms with Crippen LogP contribution in [0.25, 0.3) is 0 Å². The van der Waals surface area contributed by atoms with Crippen LogP contribution in [0.3, 0.4) is 0 Å². The number of ether oxygens (including phenoxy) is 1. The topological polar surface area (TPSA) is 66.2 Å². The molecule has 0 spiro atoms. The molecule has 5 nitrogen and oxygen atoms in total. The summed E-state index contributed by atoms with van der Waals surface area (Å²) in [5, 5.41) is 9.05. The lowest BCUT2D eigenvalue weighted by molar-refractivity contribution is -0.150. The van der Waals surface area contributed by atoms with E-state index in [2.05, 4.69) is 16.0 Å². The van der Waals surface area contributed by atoms with Crippen molar-refractivity contribution in [3.63, 3.8) is 0 Å². The van der Waals surface area contributed by atoms with Crippen molar-refractivity contribution in [2.75, 3.05) is 19.7 Å². The Hall–Kier alpha value is -1.93. The number of hydrogen-bond donors (Lipinski definition) is 0. The molecule has 1 saturated heterocycles. The van der Waals surface area contributed by atoms with Gasteiger partial charge in [-0.2, -0.15) is 5.26 Å². The molecule has 0 saturated carbocycles. The van der Waals surface area contributed by atoms with E-state index >= 15 is 0 Å². The second-order valence-corrected chi connectivity index (χ2v) is 4.95. The van der Waals surface area contributed by atoms with Crippen LogP contribution in [0.5, 0.6) is 0 Å². The molecule has 1 aliphatic heterocycles. The number of likely N-dealkylation sites (tertiary alicyclic amines) is 1. The van der Waals surface area contributed by atoms with Crippen LogP contribution in [0.2, 0.25) is 0 Å². The Morgan fingerprint density at radius 1 is 1.65 bits per heavy atom. The first-order valence-corrected chi connectivity index (χ1v) is 6.97. The molecule has 1 aromatic heterocycles. The molecule has 0 unspecified atom stereocenters. The van der Waals surface area contributed by atoms with Crippen molar-refractivity contribution in [1.82, 2.24) is 9.88 Å². The predicted molar refractivity (Wildman–Crippen MR) is 73.6 cm³/mol. The first-order chi connectivity index (χ1) is 9.74. The van der Waals surface area contributed by atoms with Crippen molar-refractivity contribution in [2.24, 2.45) is 5.92 Å². The van der Waals surface area contributed by atoms with Crippen LogP contribution in [0.15, 0.2) is 18.3 Å². The Labute approximate surface area is 119 Å². The van der Waals surface area contributed by atoms with Crippen LogP contribution in [0.4, 0.5) is 0 Å². The van der Waals surface area contributed by atoms with Crippen LogP contribution in [0.1, 0.15) is 31.0 Å². The van der Waals surface area contributed by atoms with Gasteiger partial charge in [-0.25, -0.2) is 4.98 Å². The summed E-state index contributed by atoms with van der Waals surface area (Å²) in [6, 6.07) is 5.86. The van der Waals surface area contributed by atoms with Gasteiger partial charge >= 0.3 is 5.97 Å². The molecular weight excluding hydrogens is 254 g/mol. The van der Waals surface area contributed by atoms with Crippen molar-refractivity contribution in [1.29, 1.82) is 5.26 Å². The molecule has 0 amide bonds. The quantitative estimate of drug-likeness (QED) is 0.782. The summed E-state index contributed by atoms with van der Waals surface area (Å²) >= 11 is 0. The third kappa shape index (κ3) is 3.55. The molecule has 20 heavy (non-hydrogen) atoms. The molecule has 1 aliphatic rings. The third-order valence-electron chi connectivity index (χ3n) is 3.52. The minimum Gasteiger partial charge on any atom is -0.466 e. The van der Waals surface area contributed by atoms with Crippen molar-refractivity contribution >= 4 is 5.97 Å². The Kier molecular flexibility index (Phi) is 5.08. The van der Waals surface area contributed by atoms with Gasteiger partial charge < -0.3 is 4.74 Å². The van der Waals surface area contributed by atoms with Gasteiger partial charge in [0.25, 0.3) is 0 Å². The lowest BCUT2D eigenvalue weighted by Crippen LogP contribution is -2.39. The van der Waals surface area contributed by atoms with E-state index in [-0.39, 0.29) is 11.9 Å². The van der Waals surface area contributed by atoms with Gasteiger partial charge in [0.2, 0.25) is 0 Å². The van der Waals surface area contributed by atoms with Gasteiger partial charge in [0.15, 0.2) is 0 Å². The highest BCUT2D eigenvalue weighted by molar-refractivity contribution is 5.72. The molecule has 106 valence electrons. The van der Waals surface area contributed by atoms with Crippen LogP contribution in [-0.2, 0) is 16.1 Å². The molecule has 2 rings (SSSR count). The van der Waals surface area contributed by atoms with Crippen molar-refractivity contribution in [3.05, 3.63) is 29.6 Å². The molecule has 0 radical (unpaired) electrons. The highest BCUT2D eigenvalue weighted by Gasteiger charge is 2.27. The number of carbonyl (C=O) groups excluding carboxylic acids is 1. The molecule has 0 bridgehead atoms. The SMILES string of the molecule is CCOC(=O)[C@@H]1CCCN(Cc2cccnc2C#N)C1. The standard InChI is InChI=1S/C15H19N3O2/c1-2-20-15(19)13-6-4-8-18(11-13)10-12-5-3-7-17-14(12)9-16/h3,5,7,13H,2,4,6,8,10-11H2,1H3/t13-/m1/s1. The zero-order chi connectivity index (χ0) is 14.4. The van der Waals surface area contributed by atoms with E-state index < -0.39 is 0 Å². The molecule has 0 aliphatic carbocycles. The van der Waals surface area contributed by atoms with Crippen molar-refractivity contribution in [3.8, 4) is 6.07 Å². The Balaban J connectivity index is 1.99. The summed E-state index contributed by atoms with van der Waals surface area (Å²) < 4.78 is 5.09. The van der Waals surface area contributed by atoms with Crippen LogP contribution in [0, 0.1) is 17.2 Å². The van der Waals surface area contributed by atoms with E-state index in [9.17, 15) is 4.79 Å². The second-order valence-electron chi connectivity index (χ2n) is 4.95. The van der Waals surface area contributed by atoms with E-state index in [4.69, 9.17) is 10.00 Å². The lowest BCUT2D eigenvalue weighted by Gasteiger charge is -2.31. The first-order valence-electron chi connectivity index (χ1n) is 6.97. The summed E-state index contributed by atoms with van der Waals surface area (Å²) in [5.41, 5.74) is 1.38. The summed E-state index contributed by atoms with van der Waals surface area (Å²) in [4.78, 5) is 18.1. The average molecular weight is 273 g/mol. The zero-order valence-electron chi connectivity index (χ0n) is 11.7. The molecule has 1 aromatic rings. The monoisotopic (exact) mass is 273 g/mol. The third-order valence-corrected chi connectivity index (χ3v) is 3.52. The minimum atomic E-state index is -0.108. The van der Waals surface area contributed by atoms with Gasteiger partial charge in [-0.3, -0.25) is 9.69 Å². The van der Waals surface area contributed by atoms with E-state index in [1.165, 1.54) is 0 Å². The number of esters is 1. The van der Waals surface area contributed by atoms with Gasteiger partial charge in [0, 0.05) is 24.8 Å². The van der Waals surface area contributed by atoms with E-state index in [1.807, 2.05) is 19.1 Å². The molecule has 1 atom stereocenters. The van der Waals surface area contributed by atoms with Crippen LogP contribution >= 0.6 is 0 Å². The fourth-order valence-electron chi connectivity index (χ4n) is 2.56. The molecule has 1 fully saturated rings. The molecule has 0 N–H and O–H groups in total. The Morgan fingerprint density at radius 3 is 3.25 bits per heavy atom. The Morgan fingerprint density at radius 2 is 2.50 bits per heavy atom. The van der Waals surface area contributed by atoms with Crippen LogP contribution < -0.4 is 0 Å². The van der Waals surface area contributed by atoms with Gasteiger partial charge in [-0.05, 0) is 32.4 Å². The summed E-state index contributed by atoms with van der Waals surface area (Å²) in [6.07, 6.45) is 3.48. The van der Waals surface area contributed by atoms with E-state index in [0.717, 1.165) is 24.9 Å². The number of pyridine rings is 1. The summed E-state index contributed by atoms with van der Waals surface area (Å²) in [7, 11) is 0. The van der Waals surface area contributed by atoms with Crippen molar-refractivity contribution in [2.45, 2.75) is 26.3 Å². The first kappa shape index (κ1) is 14.5. The smallest absolute Gasteiger partial charge is 0.310 e. The Bertz CT molecular complexity index is 510. The average Bonchev–Trinajstić information content (AvgIpc) is 2.48. The van der Waals surface area contributed by atoms with Crippen LogP contribution in [-0.4, -0.2) is 35.5 Å². The van der Waals surface area contributed by atoms with Gasteiger partial charge in [0.1, 0.15) is 11.8 Å². The highest BCUT2D eigenvalue weighted by Crippen LogP contribution is 2.20. The number of rotatable bonds is 4. The summed E-state index contributed by atoms with van der Waals surface area (Å²) in [6.45, 7) is 4.55. The fourth-order valence-corrected chi connectivity index (χ4v) is 2.56. The van der Waals surface area contributed by atoms with Gasteiger partial charge in [-0.1, -0.05) is 6.07 Å². The molecule has 5 heteroatoms. The lowest BCUT2D eigenvalue weighted by atomic mass is 9.97.